The average Bonchev–Trinajstić information content (AvgIpc) is 2.62. The van der Waals surface area contributed by atoms with Crippen LogP contribution in [0.1, 0.15) is 53.8 Å². The molecule has 1 aliphatic carbocycles. The molecule has 1 heterocycles. The van der Waals surface area contributed by atoms with Gasteiger partial charge in [-0.25, -0.2) is 14.4 Å². The van der Waals surface area contributed by atoms with Gasteiger partial charge in [0, 0.05) is 24.2 Å². The summed E-state index contributed by atoms with van der Waals surface area (Å²) < 4.78 is 13.7. The molecular weight excluding hydrogens is 307 g/mol. The molecule has 1 N–H and O–H groups in total. The quantitative estimate of drug-likeness (QED) is 0.856. The number of Topliss-reactive ketones (excluding diaryl/α,β-unsaturated/α-hetero) is 1. The number of hydrogen-bond donors (Lipinski definition) is 1. The third-order valence-electron chi connectivity index (χ3n) is 4.92. The first-order valence-corrected chi connectivity index (χ1v) is 8.34. The molecule has 1 aromatic carbocycles. The van der Waals surface area contributed by atoms with Gasteiger partial charge in [0.1, 0.15) is 18.2 Å². The summed E-state index contributed by atoms with van der Waals surface area (Å²) >= 11 is 0. The molecule has 4 nitrogen and oxygen atoms in total. The topological polar surface area (TPSA) is 63.1 Å². The molecule has 0 spiro atoms. The van der Waals surface area contributed by atoms with Gasteiger partial charge in [-0.2, -0.15) is 0 Å². The van der Waals surface area contributed by atoms with Crippen molar-refractivity contribution in [3.8, 4) is 0 Å². The molecule has 0 unspecified atom stereocenters. The van der Waals surface area contributed by atoms with Crippen LogP contribution in [0.2, 0.25) is 0 Å². The van der Waals surface area contributed by atoms with E-state index in [2.05, 4.69) is 9.97 Å². The van der Waals surface area contributed by atoms with Crippen molar-refractivity contribution in [1.82, 2.24) is 9.97 Å². The van der Waals surface area contributed by atoms with Crippen LogP contribution in [0.15, 0.2) is 36.7 Å². The van der Waals surface area contributed by atoms with Crippen molar-refractivity contribution in [3.05, 3.63) is 59.4 Å². The minimum atomic E-state index is -0.546. The lowest BCUT2D eigenvalue weighted by Gasteiger charge is -2.37. The Morgan fingerprint density at radius 1 is 1.17 bits per heavy atom. The molecule has 1 aromatic heterocycles. The summed E-state index contributed by atoms with van der Waals surface area (Å²) in [6.45, 7) is -0.546. The van der Waals surface area contributed by atoms with Gasteiger partial charge in [-0.15, -0.1) is 0 Å². The van der Waals surface area contributed by atoms with E-state index in [9.17, 15) is 9.18 Å². The van der Waals surface area contributed by atoms with Crippen LogP contribution in [0.4, 0.5) is 4.39 Å². The van der Waals surface area contributed by atoms with Crippen LogP contribution in [-0.4, -0.2) is 27.5 Å². The summed E-state index contributed by atoms with van der Waals surface area (Å²) in [6.07, 6.45) is 8.93. The molecule has 0 atom stereocenters. The van der Waals surface area contributed by atoms with Crippen molar-refractivity contribution in [3.63, 3.8) is 0 Å². The van der Waals surface area contributed by atoms with E-state index >= 15 is 0 Å². The Morgan fingerprint density at radius 2 is 1.88 bits per heavy atom. The van der Waals surface area contributed by atoms with Crippen molar-refractivity contribution < 1.29 is 14.3 Å². The van der Waals surface area contributed by atoms with Gasteiger partial charge in [0.15, 0.2) is 5.78 Å². The molecule has 5 heteroatoms. The first-order valence-electron chi connectivity index (χ1n) is 8.34. The molecule has 2 aromatic rings. The second-order valence-corrected chi connectivity index (χ2v) is 6.50. The van der Waals surface area contributed by atoms with E-state index in [1.54, 1.807) is 12.1 Å². The Kier molecular flexibility index (Phi) is 5.00. The highest BCUT2D eigenvalue weighted by Crippen LogP contribution is 2.41. The van der Waals surface area contributed by atoms with Crippen LogP contribution in [0.25, 0.3) is 0 Å². The largest absolute Gasteiger partial charge is 0.388 e. The molecular formula is C19H21FN2O2. The molecule has 0 radical (unpaired) electrons. The van der Waals surface area contributed by atoms with Crippen LogP contribution < -0.4 is 0 Å². The lowest BCUT2D eigenvalue weighted by Crippen LogP contribution is -2.32. The van der Waals surface area contributed by atoms with Crippen molar-refractivity contribution in [2.24, 2.45) is 0 Å². The van der Waals surface area contributed by atoms with Gasteiger partial charge in [-0.05, 0) is 30.5 Å². The molecule has 1 aliphatic rings. The summed E-state index contributed by atoms with van der Waals surface area (Å²) in [5.74, 6) is 0.0389. The Balaban J connectivity index is 1.88. The second kappa shape index (κ2) is 7.18. The first-order chi connectivity index (χ1) is 11.6. The highest BCUT2D eigenvalue weighted by molar-refractivity contribution is 5.96. The number of hydrogen-bond acceptors (Lipinski definition) is 4. The average molecular weight is 328 g/mol. The van der Waals surface area contributed by atoms with Crippen molar-refractivity contribution in [2.75, 3.05) is 6.61 Å². The van der Waals surface area contributed by atoms with Gasteiger partial charge >= 0.3 is 0 Å². The standard InChI is InChI=1S/C19H21FN2O2/c20-16-6-4-5-15(9-16)19(7-2-1-3-8-19)10-18-21-11-14(12-22-18)17(24)13-23/h4-6,9,11-12,23H,1-3,7-8,10,13H2. The van der Waals surface area contributed by atoms with E-state index in [-0.39, 0.29) is 17.0 Å². The van der Waals surface area contributed by atoms with Gasteiger partial charge in [-0.1, -0.05) is 31.4 Å². The number of aromatic nitrogens is 2. The fourth-order valence-corrected chi connectivity index (χ4v) is 3.60. The van der Waals surface area contributed by atoms with E-state index in [0.717, 1.165) is 31.2 Å². The Labute approximate surface area is 140 Å². The molecule has 126 valence electrons. The lowest BCUT2D eigenvalue weighted by molar-refractivity contribution is 0.0903. The number of rotatable bonds is 5. The van der Waals surface area contributed by atoms with E-state index in [0.29, 0.717) is 17.8 Å². The normalized spacial score (nSPS) is 16.8. The van der Waals surface area contributed by atoms with E-state index < -0.39 is 6.61 Å². The van der Waals surface area contributed by atoms with Crippen LogP contribution in [0.5, 0.6) is 0 Å². The monoisotopic (exact) mass is 328 g/mol. The van der Waals surface area contributed by atoms with E-state index in [1.807, 2.05) is 6.07 Å². The van der Waals surface area contributed by atoms with Gasteiger partial charge in [0.05, 0.1) is 5.56 Å². The predicted octanol–water partition coefficient (Wildman–Crippen LogP) is 3.24. The van der Waals surface area contributed by atoms with Crippen molar-refractivity contribution >= 4 is 5.78 Å². The summed E-state index contributed by atoms with van der Waals surface area (Å²) in [7, 11) is 0. The number of aliphatic hydroxyl groups is 1. The van der Waals surface area contributed by atoms with Gasteiger partial charge < -0.3 is 5.11 Å². The van der Waals surface area contributed by atoms with E-state index in [1.165, 1.54) is 24.9 Å². The molecule has 1 fully saturated rings. The number of ketones is 1. The fourth-order valence-electron chi connectivity index (χ4n) is 3.60. The van der Waals surface area contributed by atoms with Crippen LogP contribution in [-0.2, 0) is 11.8 Å². The molecule has 0 saturated heterocycles. The number of benzene rings is 1. The lowest BCUT2D eigenvalue weighted by atomic mass is 9.67. The maximum absolute atomic E-state index is 13.7. The molecule has 3 rings (SSSR count). The zero-order chi connectivity index (χ0) is 17.0. The predicted molar refractivity (Wildman–Crippen MR) is 88.3 cm³/mol. The molecule has 0 aliphatic heterocycles. The maximum atomic E-state index is 13.7. The van der Waals surface area contributed by atoms with Crippen LogP contribution in [0.3, 0.4) is 0 Å². The molecule has 0 bridgehead atoms. The zero-order valence-electron chi connectivity index (χ0n) is 13.5. The van der Waals surface area contributed by atoms with Gasteiger partial charge in [0.25, 0.3) is 0 Å². The highest BCUT2D eigenvalue weighted by atomic mass is 19.1. The Hall–Kier alpha value is -2.14. The zero-order valence-corrected chi connectivity index (χ0v) is 13.5. The van der Waals surface area contributed by atoms with Gasteiger partial charge in [-0.3, -0.25) is 4.79 Å². The number of aliphatic hydroxyl groups excluding tert-OH is 1. The molecule has 1 saturated carbocycles. The Bertz CT molecular complexity index is 710. The van der Waals surface area contributed by atoms with Gasteiger partial charge in [0.2, 0.25) is 0 Å². The highest BCUT2D eigenvalue weighted by Gasteiger charge is 2.35. The minimum Gasteiger partial charge on any atom is -0.388 e. The maximum Gasteiger partial charge on any atom is 0.191 e. The molecule has 0 amide bonds. The Morgan fingerprint density at radius 3 is 2.50 bits per heavy atom. The number of carbonyl (C=O) groups excluding carboxylic acids is 1. The van der Waals surface area contributed by atoms with Crippen LogP contribution in [0, 0.1) is 5.82 Å². The summed E-state index contributed by atoms with van der Waals surface area (Å²) in [4.78, 5) is 20.1. The second-order valence-electron chi connectivity index (χ2n) is 6.50. The first kappa shape index (κ1) is 16.7. The summed E-state index contributed by atoms with van der Waals surface area (Å²) in [5, 5.41) is 8.89. The third-order valence-corrected chi connectivity index (χ3v) is 4.92. The smallest absolute Gasteiger partial charge is 0.191 e. The number of halogens is 1. The third kappa shape index (κ3) is 3.51. The fraction of sp³-hybridized carbons (Fsp3) is 0.421. The number of carbonyl (C=O) groups is 1. The van der Waals surface area contributed by atoms with E-state index in [4.69, 9.17) is 5.11 Å². The summed E-state index contributed by atoms with van der Waals surface area (Å²) in [6, 6.07) is 6.82. The van der Waals surface area contributed by atoms with Crippen molar-refractivity contribution in [2.45, 2.75) is 43.9 Å². The summed E-state index contributed by atoms with van der Waals surface area (Å²) in [5.41, 5.74) is 1.16. The van der Waals surface area contributed by atoms with Crippen molar-refractivity contribution in [1.29, 1.82) is 0 Å². The minimum absolute atomic E-state index is 0.150. The number of nitrogens with zero attached hydrogens (tertiary/aromatic N) is 2. The van der Waals surface area contributed by atoms with Crippen LogP contribution >= 0.6 is 0 Å². The SMILES string of the molecule is O=C(CO)c1cnc(CC2(c3cccc(F)c3)CCCCC2)nc1. The molecule has 24 heavy (non-hydrogen) atoms.